The molecule has 6 nitrogen and oxygen atoms in total. The smallest absolute Gasteiger partial charge is 0.306 e. The fourth-order valence-electron chi connectivity index (χ4n) is 7.42. The van der Waals surface area contributed by atoms with Crippen LogP contribution in [0.25, 0.3) is 0 Å². The van der Waals surface area contributed by atoms with Crippen molar-refractivity contribution in [1.82, 2.24) is 0 Å². The molecule has 0 fully saturated rings. The molecule has 0 aromatic rings. The predicted molar refractivity (Wildman–Crippen MR) is 279 cm³/mol. The molecule has 0 radical (unpaired) electrons. The molecule has 0 heterocycles. The Hall–Kier alpha value is -3.41. The van der Waals surface area contributed by atoms with Gasteiger partial charge in [-0.1, -0.05) is 247 Å². The summed E-state index contributed by atoms with van der Waals surface area (Å²) in [5, 5.41) is 0. The fraction of sp³-hybridized carbons (Fsp3) is 0.712. The quantitative estimate of drug-likeness (QED) is 0.0199. The average Bonchev–Trinajstić information content (AvgIpc) is 3.30. The van der Waals surface area contributed by atoms with E-state index in [4.69, 9.17) is 14.2 Å². The summed E-state index contributed by atoms with van der Waals surface area (Å²) in [6.45, 7) is 6.43. The van der Waals surface area contributed by atoms with Gasteiger partial charge in [-0.25, -0.2) is 0 Å². The molecule has 0 aromatic heterocycles. The van der Waals surface area contributed by atoms with E-state index in [0.29, 0.717) is 19.3 Å². The molecular formula is C59H100O6. The van der Waals surface area contributed by atoms with Gasteiger partial charge in [0.15, 0.2) is 6.10 Å². The predicted octanol–water partition coefficient (Wildman–Crippen LogP) is 18.0. The lowest BCUT2D eigenvalue weighted by Crippen LogP contribution is -2.30. The monoisotopic (exact) mass is 905 g/mol. The molecule has 0 spiro atoms. The van der Waals surface area contributed by atoms with E-state index in [9.17, 15) is 14.4 Å². The third-order valence-corrected chi connectivity index (χ3v) is 11.5. The number of unbranched alkanes of at least 4 members (excludes halogenated alkanes) is 26. The van der Waals surface area contributed by atoms with Crippen molar-refractivity contribution in [3.05, 3.63) is 85.1 Å². The highest BCUT2D eigenvalue weighted by molar-refractivity contribution is 5.71. The molecule has 65 heavy (non-hydrogen) atoms. The van der Waals surface area contributed by atoms with Crippen molar-refractivity contribution in [2.24, 2.45) is 0 Å². The van der Waals surface area contributed by atoms with Crippen LogP contribution in [0.15, 0.2) is 85.1 Å². The highest BCUT2D eigenvalue weighted by atomic mass is 16.6. The summed E-state index contributed by atoms with van der Waals surface area (Å²) in [7, 11) is 0. The SMILES string of the molecule is CC/C=C\C/C=C\C/C=C\CCCC(=O)OCC(COC(=O)CCCCCCC\C=C/C=C\C=C/C=C\CCCCC)OC(=O)CCCCCCCCCCCCCCCCCCCC. The van der Waals surface area contributed by atoms with Crippen LogP contribution in [0, 0.1) is 0 Å². The first kappa shape index (κ1) is 61.6. The minimum absolute atomic E-state index is 0.103. The number of ether oxygens (including phenoxy) is 3. The van der Waals surface area contributed by atoms with Crippen LogP contribution in [0.2, 0.25) is 0 Å². The summed E-state index contributed by atoms with van der Waals surface area (Å²) in [4.78, 5) is 38.0. The second kappa shape index (κ2) is 53.2. The van der Waals surface area contributed by atoms with Crippen molar-refractivity contribution in [2.45, 2.75) is 258 Å². The summed E-state index contributed by atoms with van der Waals surface area (Å²) in [5.41, 5.74) is 0. The molecule has 0 aromatic carbocycles. The Balaban J connectivity index is 4.42. The van der Waals surface area contributed by atoms with Gasteiger partial charge in [-0.2, -0.15) is 0 Å². The zero-order chi connectivity index (χ0) is 47.2. The van der Waals surface area contributed by atoms with Gasteiger partial charge in [-0.3, -0.25) is 14.4 Å². The maximum Gasteiger partial charge on any atom is 0.306 e. The Labute approximate surface area is 401 Å². The standard InChI is InChI=1S/C59H100O6/c1-4-7-10-13-16-19-22-24-26-28-30-32-34-37-40-43-46-49-52-58(61)64-55-56(54-63-57(60)51-48-45-42-39-36-21-18-15-12-9-6-3)65-59(62)53-50-47-44-41-38-35-33-31-29-27-25-23-20-17-14-11-8-5-2/h9,12,16,18-19,21-22,24,26,28,30,32,39,42,56H,4-8,10-11,13-15,17,20,23,25,27,29,31,33-38,40-41,43-55H2,1-3H3/b12-9-,19-16-,21-18-,24-22-,28-26-,32-30-,42-39-. The van der Waals surface area contributed by atoms with Crippen LogP contribution in [0.3, 0.4) is 0 Å². The highest BCUT2D eigenvalue weighted by Crippen LogP contribution is 2.16. The van der Waals surface area contributed by atoms with Crippen molar-refractivity contribution in [2.75, 3.05) is 13.2 Å². The van der Waals surface area contributed by atoms with Crippen LogP contribution in [0.4, 0.5) is 0 Å². The summed E-state index contributed by atoms with van der Waals surface area (Å²) in [6.07, 6.45) is 68.6. The molecule has 0 saturated carbocycles. The first-order valence-electron chi connectivity index (χ1n) is 27.1. The molecule has 0 N–H and O–H groups in total. The van der Waals surface area contributed by atoms with Crippen LogP contribution in [0.5, 0.6) is 0 Å². The van der Waals surface area contributed by atoms with Gasteiger partial charge in [0, 0.05) is 19.3 Å². The number of allylic oxidation sites excluding steroid dienone is 14. The maximum absolute atomic E-state index is 12.8. The minimum Gasteiger partial charge on any atom is -0.462 e. The second-order valence-corrected chi connectivity index (χ2v) is 17.9. The molecule has 0 aliphatic rings. The molecule has 0 aliphatic heterocycles. The van der Waals surface area contributed by atoms with E-state index in [1.807, 2.05) is 0 Å². The Bertz CT molecular complexity index is 1270. The van der Waals surface area contributed by atoms with Crippen molar-refractivity contribution >= 4 is 17.9 Å². The molecule has 372 valence electrons. The van der Waals surface area contributed by atoms with Gasteiger partial charge in [0.05, 0.1) is 0 Å². The van der Waals surface area contributed by atoms with Gasteiger partial charge in [-0.15, -0.1) is 0 Å². The Kier molecular flexibility index (Phi) is 50.4. The topological polar surface area (TPSA) is 78.9 Å². The third-order valence-electron chi connectivity index (χ3n) is 11.5. The van der Waals surface area contributed by atoms with E-state index in [2.05, 4.69) is 106 Å². The third kappa shape index (κ3) is 51.4. The molecule has 0 aliphatic carbocycles. The van der Waals surface area contributed by atoms with E-state index < -0.39 is 6.10 Å². The largest absolute Gasteiger partial charge is 0.462 e. The Morgan fingerprint density at radius 3 is 1.15 bits per heavy atom. The van der Waals surface area contributed by atoms with E-state index >= 15 is 0 Å². The molecule has 1 unspecified atom stereocenters. The number of hydrogen-bond donors (Lipinski definition) is 0. The van der Waals surface area contributed by atoms with Crippen molar-refractivity contribution in [3.63, 3.8) is 0 Å². The van der Waals surface area contributed by atoms with Gasteiger partial charge in [0.1, 0.15) is 13.2 Å². The number of esters is 3. The van der Waals surface area contributed by atoms with E-state index in [1.165, 1.54) is 116 Å². The summed E-state index contributed by atoms with van der Waals surface area (Å²) < 4.78 is 16.8. The van der Waals surface area contributed by atoms with Crippen LogP contribution >= 0.6 is 0 Å². The fourth-order valence-corrected chi connectivity index (χ4v) is 7.42. The molecular weight excluding hydrogens is 805 g/mol. The van der Waals surface area contributed by atoms with E-state index in [-0.39, 0.29) is 37.5 Å². The lowest BCUT2D eigenvalue weighted by atomic mass is 10.0. The van der Waals surface area contributed by atoms with E-state index in [1.54, 1.807) is 0 Å². The van der Waals surface area contributed by atoms with E-state index in [0.717, 1.165) is 89.9 Å². The van der Waals surface area contributed by atoms with Gasteiger partial charge in [0.2, 0.25) is 0 Å². The minimum atomic E-state index is -0.805. The van der Waals surface area contributed by atoms with Crippen molar-refractivity contribution in [3.8, 4) is 0 Å². The molecule has 0 amide bonds. The number of carbonyl (C=O) groups excluding carboxylic acids is 3. The summed E-state index contributed by atoms with van der Waals surface area (Å²) in [6, 6.07) is 0. The number of hydrogen-bond acceptors (Lipinski definition) is 6. The maximum atomic E-state index is 12.8. The number of rotatable bonds is 48. The van der Waals surface area contributed by atoms with Gasteiger partial charge in [-0.05, 0) is 70.6 Å². The number of carbonyl (C=O) groups is 3. The van der Waals surface area contributed by atoms with Crippen LogP contribution < -0.4 is 0 Å². The lowest BCUT2D eigenvalue weighted by Gasteiger charge is -2.18. The van der Waals surface area contributed by atoms with Crippen LogP contribution in [-0.2, 0) is 28.6 Å². The summed E-state index contributed by atoms with van der Waals surface area (Å²) in [5.74, 6) is -0.976. The zero-order valence-corrected chi connectivity index (χ0v) is 42.5. The Morgan fingerprint density at radius 1 is 0.338 bits per heavy atom. The average molecular weight is 905 g/mol. The van der Waals surface area contributed by atoms with Crippen molar-refractivity contribution in [1.29, 1.82) is 0 Å². The summed E-state index contributed by atoms with van der Waals surface area (Å²) >= 11 is 0. The first-order chi connectivity index (χ1) is 32.0. The second-order valence-electron chi connectivity index (χ2n) is 17.9. The molecule has 0 rings (SSSR count). The molecule has 0 bridgehead atoms. The normalized spacial score (nSPS) is 12.7. The van der Waals surface area contributed by atoms with Crippen molar-refractivity contribution < 1.29 is 28.6 Å². The van der Waals surface area contributed by atoms with Crippen LogP contribution in [-0.4, -0.2) is 37.2 Å². The first-order valence-corrected chi connectivity index (χ1v) is 27.1. The zero-order valence-electron chi connectivity index (χ0n) is 42.5. The Morgan fingerprint density at radius 2 is 0.677 bits per heavy atom. The van der Waals surface area contributed by atoms with Crippen LogP contribution in [0.1, 0.15) is 252 Å². The van der Waals surface area contributed by atoms with Gasteiger partial charge >= 0.3 is 17.9 Å². The molecule has 0 saturated heterocycles. The van der Waals surface area contributed by atoms with Gasteiger partial charge < -0.3 is 14.2 Å². The van der Waals surface area contributed by atoms with Gasteiger partial charge in [0.25, 0.3) is 0 Å². The lowest BCUT2D eigenvalue weighted by molar-refractivity contribution is -0.167. The molecule has 1 atom stereocenters. The highest BCUT2D eigenvalue weighted by Gasteiger charge is 2.19. The molecule has 6 heteroatoms.